The van der Waals surface area contributed by atoms with Crippen molar-refractivity contribution in [2.24, 2.45) is 0 Å². The molecule has 0 radical (unpaired) electrons. The molecule has 0 atom stereocenters. The number of phenols is 1. The first-order valence-corrected chi connectivity index (χ1v) is 2.23. The SMILES string of the molecule is Oc1ccc([18F])cc1. The molecule has 1 rings (SSSR count). The van der Waals surface area contributed by atoms with E-state index in [1.807, 2.05) is 0 Å². The van der Waals surface area contributed by atoms with E-state index >= 15 is 0 Å². The van der Waals surface area contributed by atoms with Crippen molar-refractivity contribution < 1.29 is 9.50 Å². The van der Waals surface area contributed by atoms with Gasteiger partial charge in [0.25, 0.3) is 0 Å². The second-order valence-electron chi connectivity index (χ2n) is 1.48. The van der Waals surface area contributed by atoms with Crippen molar-refractivity contribution in [2.45, 2.75) is 0 Å². The van der Waals surface area contributed by atoms with Crippen molar-refractivity contribution in [2.75, 3.05) is 0 Å². The van der Waals surface area contributed by atoms with E-state index in [0.29, 0.717) is 0 Å². The molecular weight excluding hydrogens is 106 g/mol. The Labute approximate surface area is 46.4 Å². The third-order valence-corrected chi connectivity index (χ3v) is 0.827. The highest BCUT2D eigenvalue weighted by Gasteiger charge is 1.85. The van der Waals surface area contributed by atoms with Gasteiger partial charge in [-0.3, -0.25) is 0 Å². The topological polar surface area (TPSA) is 20.2 Å². The maximum atomic E-state index is 12.0. The Morgan fingerprint density at radius 1 is 1.12 bits per heavy atom. The van der Waals surface area contributed by atoms with Crippen LogP contribution in [0.1, 0.15) is 0 Å². The van der Waals surface area contributed by atoms with Crippen LogP contribution >= 0.6 is 0 Å². The van der Waals surface area contributed by atoms with Crippen LogP contribution in [0.5, 0.6) is 5.75 Å². The summed E-state index contributed by atoms with van der Waals surface area (Å²) in [6.07, 6.45) is 0. The predicted molar refractivity (Wildman–Crippen MR) is 28.1 cm³/mol. The van der Waals surface area contributed by atoms with Crippen molar-refractivity contribution in [1.82, 2.24) is 0 Å². The summed E-state index contributed by atoms with van der Waals surface area (Å²) in [6, 6.07) is 5.01. The lowest BCUT2D eigenvalue weighted by atomic mass is 10.3. The van der Waals surface area contributed by atoms with Gasteiger partial charge in [-0.25, -0.2) is 4.39 Å². The summed E-state index contributed by atoms with van der Waals surface area (Å²) < 4.78 is 12.0. The maximum Gasteiger partial charge on any atom is 0.123 e. The Bertz CT molecular complexity index is 147. The molecule has 0 bridgehead atoms. The van der Waals surface area contributed by atoms with Gasteiger partial charge in [0.05, 0.1) is 0 Å². The normalized spacial score (nSPS) is 9.12. The molecule has 0 amide bonds. The van der Waals surface area contributed by atoms with Crippen LogP contribution in [0.25, 0.3) is 0 Å². The molecule has 1 aromatic rings. The highest BCUT2D eigenvalue weighted by molar-refractivity contribution is 5.19. The Morgan fingerprint density at radius 2 is 1.62 bits per heavy atom. The minimum absolute atomic E-state index is 0.0893. The van der Waals surface area contributed by atoms with Crippen LogP contribution in [0.3, 0.4) is 0 Å². The number of halogens is 1. The second-order valence-corrected chi connectivity index (χ2v) is 1.48. The lowest BCUT2D eigenvalue weighted by molar-refractivity contribution is 0.473. The van der Waals surface area contributed by atoms with Crippen LogP contribution in [-0.2, 0) is 0 Å². The third kappa shape index (κ3) is 0.964. The smallest absolute Gasteiger partial charge is 0.123 e. The first kappa shape index (κ1) is 5.09. The first-order chi connectivity index (χ1) is 3.79. The fourth-order valence-electron chi connectivity index (χ4n) is 0.441. The first-order valence-electron chi connectivity index (χ1n) is 2.23. The van der Waals surface area contributed by atoms with Gasteiger partial charge in [-0.2, -0.15) is 0 Å². The second kappa shape index (κ2) is 1.82. The average molecular weight is 111 g/mol. The van der Waals surface area contributed by atoms with Gasteiger partial charge in [0.2, 0.25) is 0 Å². The van der Waals surface area contributed by atoms with Crippen LogP contribution in [0.2, 0.25) is 0 Å². The molecule has 0 saturated carbocycles. The zero-order valence-electron chi connectivity index (χ0n) is 4.13. The number of hydrogen-bond donors (Lipinski definition) is 1. The summed E-state index contributed by atoms with van der Waals surface area (Å²) in [6.45, 7) is 0. The molecule has 0 heterocycles. The van der Waals surface area contributed by atoms with Gasteiger partial charge in [0.1, 0.15) is 11.6 Å². The van der Waals surface area contributed by atoms with Crippen molar-refractivity contribution in [3.05, 3.63) is 30.1 Å². The third-order valence-electron chi connectivity index (χ3n) is 0.827. The van der Waals surface area contributed by atoms with E-state index in [-0.39, 0.29) is 11.6 Å². The summed E-state index contributed by atoms with van der Waals surface area (Å²) >= 11 is 0. The number of aromatic hydroxyl groups is 1. The molecular formula is C6H5FO. The molecule has 0 aliphatic rings. The van der Waals surface area contributed by atoms with Gasteiger partial charge >= 0.3 is 0 Å². The Balaban J connectivity index is 3.03. The standard InChI is InChI=1S/C6H5FO/c7-5-1-3-6(8)4-2-5/h1-4,8H/i7-1. The molecule has 0 saturated heterocycles. The Kier molecular flexibility index (Phi) is 1.16. The molecule has 42 valence electrons. The zero-order valence-corrected chi connectivity index (χ0v) is 4.13. The van der Waals surface area contributed by atoms with Crippen LogP contribution < -0.4 is 0 Å². The molecule has 0 aliphatic carbocycles. The summed E-state index contributed by atoms with van der Waals surface area (Å²) in [5, 5.41) is 8.59. The molecule has 0 aliphatic heterocycles. The molecule has 8 heavy (non-hydrogen) atoms. The maximum absolute atomic E-state index is 12.0. The van der Waals surface area contributed by atoms with Gasteiger partial charge in [-0.1, -0.05) is 0 Å². The minimum Gasteiger partial charge on any atom is -0.508 e. The van der Waals surface area contributed by atoms with E-state index in [2.05, 4.69) is 0 Å². The molecule has 0 aromatic heterocycles. The molecule has 2 heteroatoms. The quantitative estimate of drug-likeness (QED) is 0.538. The summed E-state index contributed by atoms with van der Waals surface area (Å²) in [7, 11) is 0. The van der Waals surface area contributed by atoms with E-state index in [1.54, 1.807) is 0 Å². The van der Waals surface area contributed by atoms with Crippen LogP contribution in [0, 0.1) is 5.82 Å². The van der Waals surface area contributed by atoms with E-state index in [9.17, 15) is 4.39 Å². The van der Waals surface area contributed by atoms with Gasteiger partial charge in [-0.15, -0.1) is 0 Å². The Morgan fingerprint density at radius 3 is 2.00 bits per heavy atom. The van der Waals surface area contributed by atoms with E-state index < -0.39 is 0 Å². The average Bonchev–Trinajstić information content (AvgIpc) is 1.77. The summed E-state index contributed by atoms with van der Waals surface area (Å²) in [5.74, 6) is -0.241. The molecule has 0 unspecified atom stereocenters. The summed E-state index contributed by atoms with van der Waals surface area (Å²) in [4.78, 5) is 0. The lowest BCUT2D eigenvalue weighted by Crippen LogP contribution is -1.67. The number of benzene rings is 1. The van der Waals surface area contributed by atoms with Crippen LogP contribution in [0.15, 0.2) is 24.3 Å². The fourth-order valence-corrected chi connectivity index (χ4v) is 0.441. The van der Waals surface area contributed by atoms with Gasteiger partial charge in [-0.05, 0) is 24.3 Å². The van der Waals surface area contributed by atoms with Crippen molar-refractivity contribution in [3.63, 3.8) is 0 Å². The van der Waals surface area contributed by atoms with Crippen molar-refractivity contribution >= 4 is 0 Å². The lowest BCUT2D eigenvalue weighted by Gasteiger charge is -1.86. The minimum atomic E-state index is -0.331. The fraction of sp³-hybridized carbons (Fsp3) is 0. The Hall–Kier alpha value is -1.05. The van der Waals surface area contributed by atoms with Gasteiger partial charge in [0, 0.05) is 0 Å². The van der Waals surface area contributed by atoms with Gasteiger partial charge in [0.15, 0.2) is 0 Å². The molecule has 0 spiro atoms. The largest absolute Gasteiger partial charge is 0.508 e. The van der Waals surface area contributed by atoms with E-state index in [4.69, 9.17) is 5.11 Å². The van der Waals surface area contributed by atoms with E-state index in [1.165, 1.54) is 24.3 Å². The highest BCUT2D eigenvalue weighted by Crippen LogP contribution is 2.06. The number of phenolic OH excluding ortho intramolecular Hbond substituents is 1. The number of rotatable bonds is 0. The van der Waals surface area contributed by atoms with Crippen LogP contribution in [0.4, 0.5) is 4.39 Å². The monoisotopic (exact) mass is 111 g/mol. The molecule has 1 nitrogen and oxygen atoms in total. The molecule has 0 fully saturated rings. The van der Waals surface area contributed by atoms with Gasteiger partial charge < -0.3 is 5.11 Å². The van der Waals surface area contributed by atoms with E-state index in [0.717, 1.165) is 0 Å². The van der Waals surface area contributed by atoms with Crippen molar-refractivity contribution in [1.29, 1.82) is 0 Å². The predicted octanol–water partition coefficient (Wildman–Crippen LogP) is 1.53. The highest BCUT2D eigenvalue weighted by atomic mass is 18.2. The zero-order chi connectivity index (χ0) is 5.98. The summed E-state index contributed by atoms with van der Waals surface area (Å²) in [5.41, 5.74) is 0. The van der Waals surface area contributed by atoms with Crippen LogP contribution in [-0.4, -0.2) is 5.11 Å². The molecule has 1 N–H and O–H groups in total. The number of hydrogen-bond acceptors (Lipinski definition) is 1. The van der Waals surface area contributed by atoms with Crippen molar-refractivity contribution in [3.8, 4) is 5.75 Å². The molecule has 1 aromatic carbocycles.